The Bertz CT molecular complexity index is 679. The molecule has 2 heterocycles. The van der Waals surface area contributed by atoms with Gasteiger partial charge in [-0.1, -0.05) is 24.3 Å². The van der Waals surface area contributed by atoms with E-state index in [2.05, 4.69) is 33.4 Å². The summed E-state index contributed by atoms with van der Waals surface area (Å²) in [6.45, 7) is 4.39. The molecule has 0 saturated carbocycles. The molecule has 3 rings (SSSR count). The maximum absolute atomic E-state index is 12.3. The number of thiazole rings is 1. The van der Waals surface area contributed by atoms with Crippen molar-refractivity contribution in [2.75, 3.05) is 19.6 Å². The first-order chi connectivity index (χ1) is 11.8. The topological polar surface area (TPSA) is 71.2 Å². The molecular formula is C18H24N4OS. The van der Waals surface area contributed by atoms with Gasteiger partial charge in [0.25, 0.3) is 5.91 Å². The third-order valence-electron chi connectivity index (χ3n) is 4.29. The number of amides is 1. The van der Waals surface area contributed by atoms with Crippen molar-refractivity contribution in [3.63, 3.8) is 0 Å². The van der Waals surface area contributed by atoms with Crippen LogP contribution in [0.3, 0.4) is 0 Å². The number of nitrogens with two attached hydrogens (primary N) is 1. The summed E-state index contributed by atoms with van der Waals surface area (Å²) in [4.78, 5) is 19.1. The van der Waals surface area contributed by atoms with Gasteiger partial charge in [-0.2, -0.15) is 0 Å². The van der Waals surface area contributed by atoms with Crippen molar-refractivity contribution in [2.24, 2.45) is 5.73 Å². The SMILES string of the molecule is NCCc1nc(C(=O)NCc2ccccc2CN2CCCC2)cs1. The molecule has 1 aliphatic rings. The molecule has 24 heavy (non-hydrogen) atoms. The average molecular weight is 344 g/mol. The zero-order chi connectivity index (χ0) is 16.8. The molecule has 1 fully saturated rings. The molecule has 1 saturated heterocycles. The number of carbonyl (C=O) groups is 1. The molecule has 5 nitrogen and oxygen atoms in total. The van der Waals surface area contributed by atoms with Gasteiger partial charge in [-0.3, -0.25) is 9.69 Å². The molecule has 128 valence electrons. The van der Waals surface area contributed by atoms with Crippen LogP contribution in [0.1, 0.15) is 39.5 Å². The van der Waals surface area contributed by atoms with E-state index >= 15 is 0 Å². The Hall–Kier alpha value is -1.76. The van der Waals surface area contributed by atoms with Gasteiger partial charge in [0.1, 0.15) is 5.69 Å². The van der Waals surface area contributed by atoms with E-state index in [1.807, 2.05) is 6.07 Å². The van der Waals surface area contributed by atoms with Crippen LogP contribution in [0, 0.1) is 0 Å². The third-order valence-corrected chi connectivity index (χ3v) is 5.20. The van der Waals surface area contributed by atoms with E-state index in [-0.39, 0.29) is 5.91 Å². The number of nitrogens with one attached hydrogen (secondary N) is 1. The van der Waals surface area contributed by atoms with Crippen LogP contribution in [0.5, 0.6) is 0 Å². The van der Waals surface area contributed by atoms with Crippen LogP contribution in [0.2, 0.25) is 0 Å². The fraction of sp³-hybridized carbons (Fsp3) is 0.444. The fourth-order valence-corrected chi connectivity index (χ4v) is 3.78. The lowest BCUT2D eigenvalue weighted by molar-refractivity contribution is 0.0946. The van der Waals surface area contributed by atoms with Crippen LogP contribution >= 0.6 is 11.3 Å². The first-order valence-corrected chi connectivity index (χ1v) is 9.36. The molecular weight excluding hydrogens is 320 g/mol. The highest BCUT2D eigenvalue weighted by atomic mass is 32.1. The van der Waals surface area contributed by atoms with Gasteiger partial charge in [0.2, 0.25) is 0 Å². The highest BCUT2D eigenvalue weighted by Crippen LogP contribution is 2.16. The van der Waals surface area contributed by atoms with Gasteiger partial charge in [-0.05, 0) is 43.6 Å². The predicted molar refractivity (Wildman–Crippen MR) is 97.0 cm³/mol. The summed E-state index contributed by atoms with van der Waals surface area (Å²) >= 11 is 1.49. The quantitative estimate of drug-likeness (QED) is 0.807. The first-order valence-electron chi connectivity index (χ1n) is 8.48. The maximum Gasteiger partial charge on any atom is 0.271 e. The largest absolute Gasteiger partial charge is 0.347 e. The lowest BCUT2D eigenvalue weighted by Crippen LogP contribution is -2.25. The van der Waals surface area contributed by atoms with Crippen molar-refractivity contribution in [2.45, 2.75) is 32.4 Å². The second kappa shape index (κ2) is 8.37. The van der Waals surface area contributed by atoms with E-state index in [1.54, 1.807) is 5.38 Å². The smallest absolute Gasteiger partial charge is 0.271 e. The number of benzene rings is 1. The highest BCUT2D eigenvalue weighted by molar-refractivity contribution is 7.09. The second-order valence-corrected chi connectivity index (χ2v) is 7.04. The van der Waals surface area contributed by atoms with Crippen molar-refractivity contribution in [3.8, 4) is 0 Å². The van der Waals surface area contributed by atoms with Gasteiger partial charge >= 0.3 is 0 Å². The second-order valence-electron chi connectivity index (χ2n) is 6.10. The van der Waals surface area contributed by atoms with Gasteiger partial charge < -0.3 is 11.1 Å². The molecule has 1 amide bonds. The summed E-state index contributed by atoms with van der Waals surface area (Å²) in [5.41, 5.74) is 8.48. The lowest BCUT2D eigenvalue weighted by atomic mass is 10.1. The van der Waals surface area contributed by atoms with Gasteiger partial charge in [0, 0.05) is 24.9 Å². The average Bonchev–Trinajstić information content (AvgIpc) is 3.26. The van der Waals surface area contributed by atoms with Gasteiger partial charge in [-0.15, -0.1) is 11.3 Å². The van der Waals surface area contributed by atoms with E-state index in [4.69, 9.17) is 5.73 Å². The fourth-order valence-electron chi connectivity index (χ4n) is 2.99. The number of rotatable bonds is 7. The summed E-state index contributed by atoms with van der Waals surface area (Å²) in [6.07, 6.45) is 3.29. The predicted octanol–water partition coefficient (Wildman–Crippen LogP) is 2.17. The van der Waals surface area contributed by atoms with E-state index < -0.39 is 0 Å². The minimum absolute atomic E-state index is 0.120. The normalized spacial score (nSPS) is 14.9. The maximum atomic E-state index is 12.3. The number of hydrogen-bond acceptors (Lipinski definition) is 5. The number of carbonyl (C=O) groups excluding carboxylic acids is 1. The Morgan fingerprint density at radius 3 is 2.75 bits per heavy atom. The minimum atomic E-state index is -0.120. The molecule has 1 aliphatic heterocycles. The molecule has 0 aliphatic carbocycles. The zero-order valence-electron chi connectivity index (χ0n) is 13.8. The highest BCUT2D eigenvalue weighted by Gasteiger charge is 2.15. The molecule has 1 aromatic carbocycles. The third kappa shape index (κ3) is 4.41. The Morgan fingerprint density at radius 2 is 2.00 bits per heavy atom. The molecule has 0 radical (unpaired) electrons. The van der Waals surface area contributed by atoms with E-state index in [0.29, 0.717) is 18.8 Å². The van der Waals surface area contributed by atoms with Gasteiger partial charge in [0.15, 0.2) is 0 Å². The van der Waals surface area contributed by atoms with Crippen LogP contribution in [-0.2, 0) is 19.5 Å². The van der Waals surface area contributed by atoms with Gasteiger partial charge in [-0.25, -0.2) is 4.98 Å². The Morgan fingerprint density at radius 1 is 1.25 bits per heavy atom. The summed E-state index contributed by atoms with van der Waals surface area (Å²) in [5.74, 6) is -0.120. The Kier molecular flexibility index (Phi) is 5.96. The summed E-state index contributed by atoms with van der Waals surface area (Å²) in [7, 11) is 0. The van der Waals surface area contributed by atoms with Crippen molar-refractivity contribution in [3.05, 3.63) is 51.5 Å². The molecule has 0 unspecified atom stereocenters. The Balaban J connectivity index is 1.60. The van der Waals surface area contributed by atoms with Crippen LogP contribution in [0.4, 0.5) is 0 Å². The van der Waals surface area contributed by atoms with E-state index in [9.17, 15) is 4.79 Å². The minimum Gasteiger partial charge on any atom is -0.347 e. The van der Waals surface area contributed by atoms with Crippen LogP contribution < -0.4 is 11.1 Å². The monoisotopic (exact) mass is 344 g/mol. The molecule has 0 spiro atoms. The van der Waals surface area contributed by atoms with Crippen molar-refractivity contribution >= 4 is 17.2 Å². The molecule has 1 aromatic heterocycles. The van der Waals surface area contributed by atoms with Gasteiger partial charge in [0.05, 0.1) is 5.01 Å². The number of hydrogen-bond donors (Lipinski definition) is 2. The number of likely N-dealkylation sites (tertiary alicyclic amines) is 1. The van der Waals surface area contributed by atoms with Crippen molar-refractivity contribution < 1.29 is 4.79 Å². The first kappa shape index (κ1) is 17.1. The molecule has 2 aromatic rings. The zero-order valence-corrected chi connectivity index (χ0v) is 14.6. The Labute approximate surface area is 146 Å². The van der Waals surface area contributed by atoms with E-state index in [1.165, 1.54) is 48.4 Å². The summed E-state index contributed by atoms with van der Waals surface area (Å²) in [5, 5.41) is 5.71. The van der Waals surface area contributed by atoms with E-state index in [0.717, 1.165) is 18.0 Å². The number of nitrogens with zero attached hydrogens (tertiary/aromatic N) is 2. The van der Waals surface area contributed by atoms with Crippen molar-refractivity contribution in [1.82, 2.24) is 15.2 Å². The molecule has 6 heteroatoms. The number of aromatic nitrogens is 1. The standard InChI is InChI=1S/C18H24N4OS/c19-8-7-17-21-16(13-24-17)18(23)20-11-14-5-1-2-6-15(14)12-22-9-3-4-10-22/h1-2,5-6,13H,3-4,7-12,19H2,(H,20,23). The lowest BCUT2D eigenvalue weighted by Gasteiger charge is -2.17. The molecule has 0 atom stereocenters. The molecule has 3 N–H and O–H groups in total. The van der Waals surface area contributed by atoms with Crippen LogP contribution in [0.25, 0.3) is 0 Å². The summed E-state index contributed by atoms with van der Waals surface area (Å²) in [6, 6.07) is 8.34. The molecule has 0 bridgehead atoms. The summed E-state index contributed by atoms with van der Waals surface area (Å²) < 4.78 is 0. The van der Waals surface area contributed by atoms with Crippen molar-refractivity contribution in [1.29, 1.82) is 0 Å². The van der Waals surface area contributed by atoms with Crippen LogP contribution in [-0.4, -0.2) is 35.4 Å². The van der Waals surface area contributed by atoms with Crippen LogP contribution in [0.15, 0.2) is 29.6 Å².